The monoisotopic (exact) mass is 290 g/mol. The third kappa shape index (κ3) is 3.53. The minimum atomic E-state index is -1.19. The van der Waals surface area contributed by atoms with Gasteiger partial charge in [0.2, 0.25) is 0 Å². The zero-order chi connectivity index (χ0) is 15.4. The van der Waals surface area contributed by atoms with Gasteiger partial charge in [0.25, 0.3) is 5.91 Å². The molecule has 7 nitrogen and oxygen atoms in total. The molecule has 2 aromatic rings. The number of aromatic amines is 1. The van der Waals surface area contributed by atoms with E-state index in [9.17, 15) is 19.8 Å². The lowest BCUT2D eigenvalue weighted by atomic mass is 10.1. The van der Waals surface area contributed by atoms with Crippen molar-refractivity contribution in [1.29, 1.82) is 0 Å². The number of H-pyrrole nitrogens is 1. The van der Waals surface area contributed by atoms with Crippen LogP contribution in [0.2, 0.25) is 0 Å². The molecule has 0 fully saturated rings. The Kier molecular flexibility index (Phi) is 4.13. The standard InChI is InChI=1S/C14H14N2O5/c17-11-4-3-8(7-12(11)18)6-10(14(20)21)16-13(19)9-2-1-5-15-9/h1-5,7,10,15,17-18H,6H2,(H,16,19)(H,20,21)/t10-/m0/s1. The number of nitrogens with one attached hydrogen (secondary N) is 2. The van der Waals surface area contributed by atoms with Crippen LogP contribution in [0.3, 0.4) is 0 Å². The second kappa shape index (κ2) is 6.00. The molecule has 0 bridgehead atoms. The molecule has 0 radical (unpaired) electrons. The van der Waals surface area contributed by atoms with E-state index in [1.54, 1.807) is 12.3 Å². The molecule has 0 aliphatic heterocycles. The van der Waals surface area contributed by atoms with E-state index in [4.69, 9.17) is 5.11 Å². The number of phenolic OH excluding ortho intramolecular Hbond substituents is 2. The highest BCUT2D eigenvalue weighted by atomic mass is 16.4. The second-order valence-electron chi connectivity index (χ2n) is 4.48. The van der Waals surface area contributed by atoms with Gasteiger partial charge in [-0.05, 0) is 29.8 Å². The number of phenols is 2. The Morgan fingerprint density at radius 1 is 1.19 bits per heavy atom. The van der Waals surface area contributed by atoms with Gasteiger partial charge in [-0.1, -0.05) is 6.07 Å². The lowest BCUT2D eigenvalue weighted by Gasteiger charge is -2.14. The van der Waals surface area contributed by atoms with Crippen molar-refractivity contribution in [3.63, 3.8) is 0 Å². The van der Waals surface area contributed by atoms with Crippen molar-refractivity contribution >= 4 is 11.9 Å². The summed E-state index contributed by atoms with van der Waals surface area (Å²) >= 11 is 0. The number of carbonyl (C=O) groups excluding carboxylic acids is 1. The molecule has 5 N–H and O–H groups in total. The molecule has 1 aromatic carbocycles. The summed E-state index contributed by atoms with van der Waals surface area (Å²) in [5, 5.41) is 30.2. The topological polar surface area (TPSA) is 123 Å². The van der Waals surface area contributed by atoms with Crippen LogP contribution in [0.25, 0.3) is 0 Å². The van der Waals surface area contributed by atoms with Gasteiger partial charge in [-0.3, -0.25) is 4.79 Å². The average molecular weight is 290 g/mol. The Morgan fingerprint density at radius 2 is 1.95 bits per heavy atom. The zero-order valence-electron chi connectivity index (χ0n) is 10.9. The number of benzene rings is 1. The molecule has 2 rings (SSSR count). The Bertz CT molecular complexity index is 651. The zero-order valence-corrected chi connectivity index (χ0v) is 10.9. The highest BCUT2D eigenvalue weighted by Crippen LogP contribution is 2.25. The summed E-state index contributed by atoms with van der Waals surface area (Å²) in [4.78, 5) is 25.7. The maximum absolute atomic E-state index is 11.8. The Labute approximate surface area is 119 Å². The van der Waals surface area contributed by atoms with Crippen molar-refractivity contribution in [2.24, 2.45) is 0 Å². The van der Waals surface area contributed by atoms with Crippen LogP contribution in [-0.2, 0) is 11.2 Å². The van der Waals surface area contributed by atoms with Crippen LogP contribution in [0.1, 0.15) is 16.1 Å². The minimum Gasteiger partial charge on any atom is -0.504 e. The summed E-state index contributed by atoms with van der Waals surface area (Å²) in [6.07, 6.45) is 1.54. The lowest BCUT2D eigenvalue weighted by molar-refractivity contribution is -0.139. The van der Waals surface area contributed by atoms with E-state index in [2.05, 4.69) is 10.3 Å². The molecule has 7 heteroatoms. The number of aliphatic carboxylic acids is 1. The number of aromatic nitrogens is 1. The lowest BCUT2D eigenvalue weighted by Crippen LogP contribution is -2.42. The van der Waals surface area contributed by atoms with Crippen LogP contribution in [0, 0.1) is 0 Å². The van der Waals surface area contributed by atoms with Crippen molar-refractivity contribution in [2.75, 3.05) is 0 Å². The highest BCUT2D eigenvalue weighted by molar-refractivity contribution is 5.95. The predicted molar refractivity (Wildman–Crippen MR) is 73.2 cm³/mol. The van der Waals surface area contributed by atoms with Gasteiger partial charge >= 0.3 is 5.97 Å². The van der Waals surface area contributed by atoms with Crippen LogP contribution in [0.4, 0.5) is 0 Å². The molecule has 0 unspecified atom stereocenters. The average Bonchev–Trinajstić information content (AvgIpc) is 2.96. The summed E-state index contributed by atoms with van der Waals surface area (Å²) in [7, 11) is 0. The van der Waals surface area contributed by atoms with Crippen LogP contribution >= 0.6 is 0 Å². The van der Waals surface area contributed by atoms with Gasteiger partial charge in [-0.25, -0.2) is 4.79 Å². The first-order chi connectivity index (χ1) is 9.97. The van der Waals surface area contributed by atoms with Crippen molar-refractivity contribution < 1.29 is 24.9 Å². The highest BCUT2D eigenvalue weighted by Gasteiger charge is 2.21. The van der Waals surface area contributed by atoms with Gasteiger partial charge in [-0.15, -0.1) is 0 Å². The van der Waals surface area contributed by atoms with Crippen molar-refractivity contribution in [2.45, 2.75) is 12.5 Å². The number of aromatic hydroxyl groups is 2. The molecule has 1 aromatic heterocycles. The fourth-order valence-electron chi connectivity index (χ4n) is 1.84. The van der Waals surface area contributed by atoms with E-state index in [1.807, 2.05) is 0 Å². The van der Waals surface area contributed by atoms with Gasteiger partial charge in [0.15, 0.2) is 11.5 Å². The third-order valence-corrected chi connectivity index (χ3v) is 2.93. The second-order valence-corrected chi connectivity index (χ2v) is 4.48. The van der Waals surface area contributed by atoms with Gasteiger partial charge in [0.05, 0.1) is 0 Å². The number of carboxylic acids is 1. The molecular formula is C14H14N2O5. The normalized spacial score (nSPS) is 11.8. The number of amides is 1. The van der Waals surface area contributed by atoms with Crippen LogP contribution in [0.5, 0.6) is 11.5 Å². The van der Waals surface area contributed by atoms with E-state index in [0.717, 1.165) is 0 Å². The van der Waals surface area contributed by atoms with E-state index in [0.29, 0.717) is 5.56 Å². The number of rotatable bonds is 5. The van der Waals surface area contributed by atoms with Gasteiger partial charge in [-0.2, -0.15) is 0 Å². The van der Waals surface area contributed by atoms with Crippen LogP contribution in [0.15, 0.2) is 36.5 Å². The predicted octanol–water partition coefficient (Wildman–Crippen LogP) is 0.852. The number of carbonyl (C=O) groups is 2. The molecule has 1 heterocycles. The number of hydrogen-bond donors (Lipinski definition) is 5. The summed E-state index contributed by atoms with van der Waals surface area (Å²) < 4.78 is 0. The Balaban J connectivity index is 2.10. The molecule has 110 valence electrons. The molecule has 0 spiro atoms. The molecule has 0 aliphatic carbocycles. The SMILES string of the molecule is O=C(N[C@@H](Cc1ccc(O)c(O)c1)C(=O)O)c1ccc[nH]1. The fraction of sp³-hybridized carbons (Fsp3) is 0.143. The van der Waals surface area contributed by atoms with E-state index >= 15 is 0 Å². The summed E-state index contributed by atoms with van der Waals surface area (Å²) in [5.74, 6) is -2.36. The summed E-state index contributed by atoms with van der Waals surface area (Å²) in [5.41, 5.74) is 0.735. The van der Waals surface area contributed by atoms with Crippen LogP contribution in [-0.4, -0.2) is 38.2 Å². The third-order valence-electron chi connectivity index (χ3n) is 2.93. The Hall–Kier alpha value is -2.96. The molecule has 0 saturated heterocycles. The maximum atomic E-state index is 11.8. The largest absolute Gasteiger partial charge is 0.504 e. The first kappa shape index (κ1) is 14.4. The van der Waals surface area contributed by atoms with E-state index in [-0.39, 0.29) is 23.6 Å². The van der Waals surface area contributed by atoms with Gasteiger partial charge in [0.1, 0.15) is 11.7 Å². The minimum absolute atomic E-state index is 0.0182. The Morgan fingerprint density at radius 3 is 2.52 bits per heavy atom. The number of carboxylic acid groups (broad SMARTS) is 1. The first-order valence-corrected chi connectivity index (χ1v) is 6.15. The fourth-order valence-corrected chi connectivity index (χ4v) is 1.84. The van der Waals surface area contributed by atoms with E-state index in [1.165, 1.54) is 24.3 Å². The molecule has 1 amide bonds. The van der Waals surface area contributed by atoms with Crippen LogP contribution < -0.4 is 5.32 Å². The van der Waals surface area contributed by atoms with Crippen molar-refractivity contribution in [3.05, 3.63) is 47.8 Å². The maximum Gasteiger partial charge on any atom is 0.326 e. The van der Waals surface area contributed by atoms with Crippen molar-refractivity contribution in [1.82, 2.24) is 10.3 Å². The van der Waals surface area contributed by atoms with E-state index < -0.39 is 17.9 Å². The quantitative estimate of drug-likeness (QED) is 0.522. The molecule has 0 saturated carbocycles. The first-order valence-electron chi connectivity index (χ1n) is 6.15. The molecule has 1 atom stereocenters. The smallest absolute Gasteiger partial charge is 0.326 e. The van der Waals surface area contributed by atoms with Gasteiger partial charge in [0, 0.05) is 12.6 Å². The molecule has 0 aliphatic rings. The molecular weight excluding hydrogens is 276 g/mol. The van der Waals surface area contributed by atoms with Gasteiger partial charge < -0.3 is 25.6 Å². The summed E-state index contributed by atoms with van der Waals surface area (Å²) in [6, 6.07) is 6.00. The summed E-state index contributed by atoms with van der Waals surface area (Å²) in [6.45, 7) is 0. The number of hydrogen-bond acceptors (Lipinski definition) is 4. The molecule has 21 heavy (non-hydrogen) atoms. The van der Waals surface area contributed by atoms with Crippen molar-refractivity contribution in [3.8, 4) is 11.5 Å².